The fraction of sp³-hybridized carbons (Fsp3) is 0.143. The Morgan fingerprint density at radius 1 is 1.00 bits per heavy atom. The molecule has 0 aliphatic carbocycles. The molecule has 0 N–H and O–H groups in total. The van der Waals surface area contributed by atoms with Crippen LogP contribution < -0.4 is 19.3 Å². The van der Waals surface area contributed by atoms with Crippen molar-refractivity contribution in [3.63, 3.8) is 0 Å². The van der Waals surface area contributed by atoms with Crippen LogP contribution in [0.2, 0.25) is 0 Å². The van der Waals surface area contributed by atoms with Crippen LogP contribution in [0.15, 0.2) is 93.3 Å². The van der Waals surface area contributed by atoms with Crippen molar-refractivity contribution in [3.8, 4) is 17.2 Å². The van der Waals surface area contributed by atoms with Gasteiger partial charge in [-0.25, -0.2) is 17.1 Å². The van der Waals surface area contributed by atoms with Crippen LogP contribution in [0.1, 0.15) is 11.1 Å². The molecule has 0 atom stereocenters. The first-order valence-electron chi connectivity index (χ1n) is 11.9. The molecule has 2 aromatic heterocycles. The summed E-state index contributed by atoms with van der Waals surface area (Å²) in [7, 11) is -1.17. The van der Waals surface area contributed by atoms with Crippen LogP contribution in [0.5, 0.6) is 11.5 Å². The third kappa shape index (κ3) is 5.07. The molecule has 0 aliphatic rings. The number of aromatic nitrogens is 2. The molecule has 0 radical (unpaired) electrons. The van der Waals surface area contributed by atoms with Gasteiger partial charge in [-0.2, -0.15) is 0 Å². The SMILES string of the molecule is COc1ccc(CN(c2ccon2)S(=O)(=O)c2ccc3c(ccc(=O)n3-c3cc(F)c(CBr)cc3OC)c2)cc1. The van der Waals surface area contributed by atoms with Crippen LogP contribution in [0.25, 0.3) is 16.6 Å². The van der Waals surface area contributed by atoms with E-state index >= 15 is 0 Å². The van der Waals surface area contributed by atoms with Crippen molar-refractivity contribution >= 4 is 42.7 Å². The Bertz CT molecular complexity index is 1840. The monoisotopic (exact) mass is 627 g/mol. The van der Waals surface area contributed by atoms with Crippen LogP contribution in [-0.4, -0.2) is 32.4 Å². The second-order valence-electron chi connectivity index (χ2n) is 8.69. The van der Waals surface area contributed by atoms with E-state index in [1.54, 1.807) is 31.4 Å². The van der Waals surface area contributed by atoms with Gasteiger partial charge in [-0.1, -0.05) is 33.2 Å². The summed E-state index contributed by atoms with van der Waals surface area (Å²) in [5.41, 5.74) is 1.20. The summed E-state index contributed by atoms with van der Waals surface area (Å²) in [6, 6.07) is 18.3. The van der Waals surface area contributed by atoms with E-state index in [1.165, 1.54) is 66.5 Å². The number of ether oxygens (including phenoxy) is 2. The second kappa shape index (κ2) is 11.1. The number of hydrogen-bond donors (Lipinski definition) is 0. The maximum atomic E-state index is 14.7. The highest BCUT2D eigenvalue weighted by molar-refractivity contribution is 9.08. The fourth-order valence-electron chi connectivity index (χ4n) is 4.31. The topological polar surface area (TPSA) is 104 Å². The first kappa shape index (κ1) is 27.4. The molecule has 5 aromatic rings. The van der Waals surface area contributed by atoms with Crippen molar-refractivity contribution in [2.75, 3.05) is 18.5 Å². The van der Waals surface area contributed by atoms with Gasteiger partial charge >= 0.3 is 0 Å². The molecule has 2 heterocycles. The molecule has 206 valence electrons. The van der Waals surface area contributed by atoms with Crippen molar-refractivity contribution in [1.82, 2.24) is 9.72 Å². The molecule has 9 nitrogen and oxygen atoms in total. The van der Waals surface area contributed by atoms with E-state index in [-0.39, 0.29) is 28.3 Å². The van der Waals surface area contributed by atoms with Crippen molar-refractivity contribution in [2.24, 2.45) is 0 Å². The molecular weight excluding hydrogens is 605 g/mol. The third-order valence-electron chi connectivity index (χ3n) is 6.35. The number of hydrogen-bond acceptors (Lipinski definition) is 7. The Morgan fingerprint density at radius 2 is 1.77 bits per heavy atom. The molecule has 0 bridgehead atoms. The maximum Gasteiger partial charge on any atom is 0.265 e. The first-order valence-corrected chi connectivity index (χ1v) is 14.5. The number of pyridine rings is 1. The molecule has 0 fully saturated rings. The molecule has 40 heavy (non-hydrogen) atoms. The summed E-state index contributed by atoms with van der Waals surface area (Å²) < 4.78 is 60.6. The van der Waals surface area contributed by atoms with Gasteiger partial charge in [0.05, 0.1) is 36.9 Å². The molecule has 12 heteroatoms. The number of fused-ring (bicyclic) bond motifs is 1. The summed E-state index contributed by atoms with van der Waals surface area (Å²) >= 11 is 3.25. The zero-order chi connectivity index (χ0) is 28.4. The minimum absolute atomic E-state index is 0.0210. The van der Waals surface area contributed by atoms with E-state index in [4.69, 9.17) is 14.0 Å². The Balaban J connectivity index is 1.62. The minimum Gasteiger partial charge on any atom is -0.497 e. The largest absolute Gasteiger partial charge is 0.497 e. The standard InChI is InChI=1S/C28H23BrFN3O6S/c1-37-21-6-3-18(4-7-21)17-32(27-11-12-39-31-27)40(35,36)22-8-9-24-19(13-22)5-10-28(34)33(24)25-15-23(30)20(16-29)14-26(25)38-2/h3-15H,16-17H2,1-2H3. The van der Waals surface area contributed by atoms with Crippen LogP contribution in [0.4, 0.5) is 10.2 Å². The molecule has 3 aromatic carbocycles. The Hall–Kier alpha value is -4.16. The van der Waals surface area contributed by atoms with Gasteiger partial charge in [-0.15, -0.1) is 0 Å². The highest BCUT2D eigenvalue weighted by Crippen LogP contribution is 2.31. The van der Waals surface area contributed by atoms with E-state index in [0.717, 1.165) is 4.31 Å². The predicted octanol–water partition coefficient (Wildman–Crippen LogP) is 5.43. The van der Waals surface area contributed by atoms with Gasteiger partial charge in [-0.3, -0.25) is 9.36 Å². The van der Waals surface area contributed by atoms with Gasteiger partial charge in [0.15, 0.2) is 5.82 Å². The Morgan fingerprint density at radius 3 is 2.42 bits per heavy atom. The molecule has 0 saturated carbocycles. The smallest absolute Gasteiger partial charge is 0.265 e. The third-order valence-corrected chi connectivity index (χ3v) is 8.70. The van der Waals surface area contributed by atoms with E-state index in [0.29, 0.717) is 33.5 Å². The number of alkyl halides is 1. The number of methoxy groups -OCH3 is 2. The van der Waals surface area contributed by atoms with Gasteiger partial charge in [0, 0.05) is 34.5 Å². The van der Waals surface area contributed by atoms with E-state index < -0.39 is 21.4 Å². The number of rotatable bonds is 9. The van der Waals surface area contributed by atoms with E-state index in [2.05, 4.69) is 21.1 Å². The number of anilines is 1. The maximum absolute atomic E-state index is 14.7. The quantitative estimate of drug-likeness (QED) is 0.201. The lowest BCUT2D eigenvalue weighted by atomic mass is 10.1. The van der Waals surface area contributed by atoms with E-state index in [9.17, 15) is 17.6 Å². The predicted molar refractivity (Wildman–Crippen MR) is 152 cm³/mol. The van der Waals surface area contributed by atoms with Crippen molar-refractivity contribution in [3.05, 3.63) is 106 Å². The highest BCUT2D eigenvalue weighted by Gasteiger charge is 2.28. The van der Waals surface area contributed by atoms with E-state index in [1.807, 2.05) is 0 Å². The van der Waals surface area contributed by atoms with Crippen LogP contribution >= 0.6 is 15.9 Å². The Labute approximate surface area is 237 Å². The molecular formula is C28H23BrFN3O6S. The number of halogens is 2. The van der Waals surface area contributed by atoms with Gasteiger partial charge < -0.3 is 14.0 Å². The molecule has 0 amide bonds. The molecule has 5 rings (SSSR count). The lowest BCUT2D eigenvalue weighted by Crippen LogP contribution is -2.31. The molecule has 0 aliphatic heterocycles. The number of nitrogens with zero attached hydrogens (tertiary/aromatic N) is 3. The minimum atomic E-state index is -4.14. The van der Waals surface area contributed by atoms with Crippen LogP contribution in [-0.2, 0) is 21.9 Å². The lowest BCUT2D eigenvalue weighted by molar-refractivity contribution is 0.411. The fourth-order valence-corrected chi connectivity index (χ4v) is 6.17. The van der Waals surface area contributed by atoms with Gasteiger partial charge in [0.2, 0.25) is 0 Å². The van der Waals surface area contributed by atoms with Crippen molar-refractivity contribution < 1.29 is 26.8 Å². The Kier molecular flexibility index (Phi) is 7.63. The van der Waals surface area contributed by atoms with Crippen LogP contribution in [0, 0.1) is 5.82 Å². The average molecular weight is 628 g/mol. The normalized spacial score (nSPS) is 11.5. The summed E-state index contributed by atoms with van der Waals surface area (Å²) in [6.45, 7) is -0.0210. The summed E-state index contributed by atoms with van der Waals surface area (Å²) in [5.74, 6) is 0.517. The molecule has 0 unspecified atom stereocenters. The lowest BCUT2D eigenvalue weighted by Gasteiger charge is -2.22. The molecule has 0 spiro atoms. The first-order chi connectivity index (χ1) is 19.3. The number of benzene rings is 3. The average Bonchev–Trinajstić information content (AvgIpc) is 3.50. The summed E-state index contributed by atoms with van der Waals surface area (Å²) in [4.78, 5) is 13.0. The highest BCUT2D eigenvalue weighted by atomic mass is 79.9. The zero-order valence-corrected chi connectivity index (χ0v) is 23.8. The second-order valence-corrected chi connectivity index (χ2v) is 11.1. The van der Waals surface area contributed by atoms with Crippen LogP contribution in [0.3, 0.4) is 0 Å². The van der Waals surface area contributed by atoms with Gasteiger partial charge in [0.25, 0.3) is 15.6 Å². The number of sulfonamides is 1. The zero-order valence-electron chi connectivity index (χ0n) is 21.4. The summed E-state index contributed by atoms with van der Waals surface area (Å²) in [6.07, 6.45) is 1.29. The van der Waals surface area contributed by atoms with Gasteiger partial charge in [0.1, 0.15) is 23.6 Å². The van der Waals surface area contributed by atoms with Crippen molar-refractivity contribution in [1.29, 1.82) is 0 Å². The molecule has 0 saturated heterocycles. The van der Waals surface area contributed by atoms with Crippen molar-refractivity contribution in [2.45, 2.75) is 16.8 Å². The van der Waals surface area contributed by atoms with Gasteiger partial charge in [-0.05, 0) is 48.0 Å². The summed E-state index contributed by atoms with van der Waals surface area (Å²) in [5, 5.41) is 4.56.